The largest absolute Gasteiger partial charge is 0.341 e. The third-order valence-electron chi connectivity index (χ3n) is 4.52. The van der Waals surface area contributed by atoms with E-state index >= 15 is 0 Å². The molecule has 1 aliphatic carbocycles. The van der Waals surface area contributed by atoms with Gasteiger partial charge in [-0.05, 0) is 19.8 Å². The van der Waals surface area contributed by atoms with Crippen molar-refractivity contribution in [2.45, 2.75) is 44.7 Å². The van der Waals surface area contributed by atoms with Crippen LogP contribution in [0.5, 0.6) is 0 Å². The van der Waals surface area contributed by atoms with Crippen LogP contribution in [0.2, 0.25) is 0 Å². The van der Waals surface area contributed by atoms with Gasteiger partial charge in [-0.1, -0.05) is 31.0 Å². The number of para-hydroxylation sites is 1. The van der Waals surface area contributed by atoms with Crippen molar-refractivity contribution in [2.24, 2.45) is 11.7 Å². The number of carbonyl (C=O) groups is 1. The Morgan fingerprint density at radius 3 is 2.77 bits per heavy atom. The van der Waals surface area contributed by atoms with Crippen LogP contribution in [0.25, 0.3) is 0 Å². The fourth-order valence-electron chi connectivity index (χ4n) is 3.19. The van der Waals surface area contributed by atoms with E-state index in [0.29, 0.717) is 5.56 Å². The van der Waals surface area contributed by atoms with Crippen molar-refractivity contribution >= 4 is 11.6 Å². The molecule has 0 saturated heterocycles. The zero-order valence-electron chi connectivity index (χ0n) is 13.1. The summed E-state index contributed by atoms with van der Waals surface area (Å²) in [7, 11) is 1.68. The molecule has 0 aliphatic heterocycles. The summed E-state index contributed by atoms with van der Waals surface area (Å²) in [6.07, 6.45) is 3.67. The minimum Gasteiger partial charge on any atom is -0.341 e. The van der Waals surface area contributed by atoms with Gasteiger partial charge in [-0.25, -0.2) is 0 Å². The van der Waals surface area contributed by atoms with Gasteiger partial charge in [0.25, 0.3) is 5.69 Å². The first kappa shape index (κ1) is 16.4. The summed E-state index contributed by atoms with van der Waals surface area (Å²) >= 11 is 0. The van der Waals surface area contributed by atoms with E-state index in [-0.39, 0.29) is 24.1 Å². The fourth-order valence-corrected chi connectivity index (χ4v) is 3.19. The standard InChI is InChI=1S/C16H23N3O3/c1-16(17)10-6-5-8-13(16)15(20)18(2)11-12-7-3-4-9-14(12)19(21)22/h3-4,7,9,13H,5-6,8,10-11,17H2,1-2H3. The fraction of sp³-hybridized carbons (Fsp3) is 0.562. The normalized spacial score (nSPS) is 24.8. The molecule has 2 unspecified atom stereocenters. The van der Waals surface area contributed by atoms with Crippen LogP contribution in [-0.2, 0) is 11.3 Å². The maximum Gasteiger partial charge on any atom is 0.274 e. The summed E-state index contributed by atoms with van der Waals surface area (Å²) in [5, 5.41) is 11.1. The molecule has 1 amide bonds. The lowest BCUT2D eigenvalue weighted by Crippen LogP contribution is -2.53. The molecule has 2 atom stereocenters. The van der Waals surface area contributed by atoms with E-state index in [9.17, 15) is 14.9 Å². The SMILES string of the molecule is CN(Cc1ccccc1[N+](=O)[O-])C(=O)C1CCCCC1(C)N. The Morgan fingerprint density at radius 1 is 1.45 bits per heavy atom. The molecule has 1 aliphatic rings. The average Bonchev–Trinajstić information content (AvgIpc) is 2.46. The second-order valence-electron chi connectivity index (χ2n) is 6.38. The predicted octanol–water partition coefficient (Wildman–Crippen LogP) is 2.46. The predicted molar refractivity (Wildman–Crippen MR) is 84.1 cm³/mol. The molecule has 120 valence electrons. The van der Waals surface area contributed by atoms with Crippen molar-refractivity contribution in [3.8, 4) is 0 Å². The van der Waals surface area contributed by atoms with Gasteiger partial charge in [0.2, 0.25) is 5.91 Å². The van der Waals surface area contributed by atoms with Crippen LogP contribution >= 0.6 is 0 Å². The van der Waals surface area contributed by atoms with Crippen molar-refractivity contribution in [1.82, 2.24) is 4.90 Å². The Balaban J connectivity index is 2.13. The van der Waals surface area contributed by atoms with E-state index in [1.54, 1.807) is 30.1 Å². The van der Waals surface area contributed by atoms with Gasteiger partial charge in [-0.3, -0.25) is 14.9 Å². The third-order valence-corrected chi connectivity index (χ3v) is 4.52. The molecule has 1 aromatic carbocycles. The molecule has 6 heteroatoms. The summed E-state index contributed by atoms with van der Waals surface area (Å²) in [4.78, 5) is 24.9. The number of carbonyl (C=O) groups excluding carboxylic acids is 1. The van der Waals surface area contributed by atoms with E-state index in [1.165, 1.54) is 6.07 Å². The van der Waals surface area contributed by atoms with E-state index in [2.05, 4.69) is 0 Å². The number of nitro groups is 1. The minimum atomic E-state index is -0.494. The van der Waals surface area contributed by atoms with Gasteiger partial charge >= 0.3 is 0 Å². The number of nitrogens with zero attached hydrogens (tertiary/aromatic N) is 2. The molecule has 1 saturated carbocycles. The van der Waals surface area contributed by atoms with E-state index in [1.807, 2.05) is 6.92 Å². The van der Waals surface area contributed by atoms with Gasteiger partial charge in [-0.2, -0.15) is 0 Å². The summed E-state index contributed by atoms with van der Waals surface area (Å²) in [6, 6.07) is 6.52. The Kier molecular flexibility index (Phi) is 4.81. The number of hydrogen-bond acceptors (Lipinski definition) is 4. The van der Waals surface area contributed by atoms with Crippen molar-refractivity contribution in [3.63, 3.8) is 0 Å². The van der Waals surface area contributed by atoms with Crippen LogP contribution < -0.4 is 5.73 Å². The second-order valence-corrected chi connectivity index (χ2v) is 6.38. The monoisotopic (exact) mass is 305 g/mol. The first-order valence-corrected chi connectivity index (χ1v) is 7.59. The molecule has 2 rings (SSSR count). The first-order chi connectivity index (χ1) is 10.3. The van der Waals surface area contributed by atoms with E-state index in [0.717, 1.165) is 25.7 Å². The van der Waals surface area contributed by atoms with Gasteiger partial charge in [0.15, 0.2) is 0 Å². The molecule has 6 nitrogen and oxygen atoms in total. The number of nitrogens with two attached hydrogens (primary N) is 1. The van der Waals surface area contributed by atoms with Crippen molar-refractivity contribution in [2.75, 3.05) is 7.05 Å². The summed E-state index contributed by atoms with van der Waals surface area (Å²) in [5.74, 6) is -0.239. The van der Waals surface area contributed by atoms with Crippen LogP contribution in [0.3, 0.4) is 0 Å². The maximum absolute atomic E-state index is 12.7. The highest BCUT2D eigenvalue weighted by atomic mass is 16.6. The quantitative estimate of drug-likeness (QED) is 0.683. The summed E-state index contributed by atoms with van der Waals surface area (Å²) in [5.41, 5.74) is 6.37. The number of hydrogen-bond donors (Lipinski definition) is 1. The molecule has 0 aromatic heterocycles. The minimum absolute atomic E-state index is 0.0251. The van der Waals surface area contributed by atoms with Crippen LogP contribution in [0.15, 0.2) is 24.3 Å². The zero-order chi connectivity index (χ0) is 16.3. The molecule has 2 N–H and O–H groups in total. The van der Waals surface area contributed by atoms with Crippen molar-refractivity contribution in [1.29, 1.82) is 0 Å². The summed E-state index contributed by atoms with van der Waals surface area (Å²) < 4.78 is 0. The maximum atomic E-state index is 12.7. The molecule has 0 heterocycles. The smallest absolute Gasteiger partial charge is 0.274 e. The first-order valence-electron chi connectivity index (χ1n) is 7.59. The van der Waals surface area contributed by atoms with Crippen molar-refractivity contribution in [3.05, 3.63) is 39.9 Å². The topological polar surface area (TPSA) is 89.5 Å². The number of nitro benzene ring substituents is 1. The second kappa shape index (κ2) is 6.44. The number of rotatable bonds is 4. The number of benzene rings is 1. The molecule has 1 aromatic rings. The van der Waals surface area contributed by atoms with Crippen LogP contribution in [0.4, 0.5) is 5.69 Å². The highest BCUT2D eigenvalue weighted by molar-refractivity contribution is 5.80. The lowest BCUT2D eigenvalue weighted by molar-refractivity contribution is -0.385. The van der Waals surface area contributed by atoms with Gasteiger partial charge in [0, 0.05) is 24.2 Å². The molecule has 0 radical (unpaired) electrons. The van der Waals surface area contributed by atoms with Crippen LogP contribution in [-0.4, -0.2) is 28.3 Å². The van der Waals surface area contributed by atoms with Gasteiger partial charge < -0.3 is 10.6 Å². The number of amides is 1. The molecule has 22 heavy (non-hydrogen) atoms. The lowest BCUT2D eigenvalue weighted by Gasteiger charge is -2.39. The zero-order valence-corrected chi connectivity index (χ0v) is 13.1. The van der Waals surface area contributed by atoms with Crippen molar-refractivity contribution < 1.29 is 9.72 Å². The van der Waals surface area contributed by atoms with Gasteiger partial charge in [0.1, 0.15) is 0 Å². The molecular weight excluding hydrogens is 282 g/mol. The Bertz CT molecular complexity index is 572. The van der Waals surface area contributed by atoms with E-state index < -0.39 is 10.5 Å². The lowest BCUT2D eigenvalue weighted by atomic mass is 9.74. The highest BCUT2D eigenvalue weighted by Gasteiger charge is 2.39. The average molecular weight is 305 g/mol. The van der Waals surface area contributed by atoms with E-state index in [4.69, 9.17) is 5.73 Å². The molecule has 1 fully saturated rings. The highest BCUT2D eigenvalue weighted by Crippen LogP contribution is 2.33. The summed E-state index contributed by atoms with van der Waals surface area (Å²) in [6.45, 7) is 2.15. The van der Waals surface area contributed by atoms with Gasteiger partial charge in [-0.15, -0.1) is 0 Å². The molecule has 0 spiro atoms. The third kappa shape index (κ3) is 3.44. The Morgan fingerprint density at radius 2 is 2.14 bits per heavy atom. The Labute approximate surface area is 130 Å². The van der Waals surface area contributed by atoms with Crippen LogP contribution in [0, 0.1) is 16.0 Å². The Hall–Kier alpha value is -1.95. The van der Waals surface area contributed by atoms with Gasteiger partial charge in [0.05, 0.1) is 17.4 Å². The van der Waals surface area contributed by atoms with Crippen LogP contribution in [0.1, 0.15) is 38.2 Å². The molecular formula is C16H23N3O3. The molecule has 0 bridgehead atoms.